The number of anilines is 1. The summed E-state index contributed by atoms with van der Waals surface area (Å²) in [5.41, 5.74) is -5.85. The van der Waals surface area contributed by atoms with Crippen molar-refractivity contribution >= 4 is 21.7 Å². The Hall–Kier alpha value is -1.77. The van der Waals surface area contributed by atoms with Gasteiger partial charge in [-0.25, -0.2) is 4.79 Å². The van der Waals surface area contributed by atoms with Gasteiger partial charge in [0, 0.05) is 5.69 Å². The van der Waals surface area contributed by atoms with E-state index in [0.29, 0.717) is 0 Å². The van der Waals surface area contributed by atoms with Gasteiger partial charge in [-0.2, -0.15) is 21.6 Å². The minimum absolute atomic E-state index is 0.0516. The van der Waals surface area contributed by atoms with Crippen LogP contribution in [0.1, 0.15) is 17.3 Å². The molecule has 0 saturated carbocycles. The quantitative estimate of drug-likeness (QED) is 0.864. The third-order valence-electron chi connectivity index (χ3n) is 1.93. The van der Waals surface area contributed by atoms with Crippen LogP contribution in [0.2, 0.25) is 0 Å². The molecule has 0 aliphatic heterocycles. The van der Waals surface area contributed by atoms with Crippen LogP contribution >= 0.6 is 0 Å². The van der Waals surface area contributed by atoms with E-state index in [-0.39, 0.29) is 17.9 Å². The average Bonchev–Trinajstić information content (AvgIpc) is 2.27. The third-order valence-corrected chi connectivity index (χ3v) is 3.04. The van der Waals surface area contributed by atoms with E-state index in [9.17, 15) is 26.4 Å². The predicted octanol–water partition coefficient (Wildman–Crippen LogP) is 2.12. The molecule has 0 saturated heterocycles. The largest absolute Gasteiger partial charge is 0.516 e. The second-order valence-electron chi connectivity index (χ2n) is 3.35. The number of alkyl halides is 3. The van der Waals surface area contributed by atoms with Crippen molar-refractivity contribution in [2.24, 2.45) is 0 Å². The topological polar surface area (TPSA) is 72.5 Å². The molecule has 0 aliphatic rings. The van der Waals surface area contributed by atoms with Gasteiger partial charge >= 0.3 is 21.5 Å². The fourth-order valence-electron chi connectivity index (χ4n) is 1.14. The zero-order chi connectivity index (χ0) is 14.7. The number of hydrogen-bond acceptors (Lipinski definition) is 4. The van der Waals surface area contributed by atoms with E-state index in [1.807, 2.05) is 0 Å². The molecule has 0 amide bonds. The molecule has 0 fully saturated rings. The van der Waals surface area contributed by atoms with Gasteiger partial charge < -0.3 is 4.74 Å². The smallest absolute Gasteiger partial charge is 0.462 e. The zero-order valence-electron chi connectivity index (χ0n) is 9.69. The Morgan fingerprint density at radius 1 is 1.37 bits per heavy atom. The van der Waals surface area contributed by atoms with Gasteiger partial charge in [-0.1, -0.05) is 6.07 Å². The number of nitrogens with one attached hydrogen (secondary N) is 1. The first kappa shape index (κ1) is 15.3. The molecular weight excluding hydrogens is 287 g/mol. The number of rotatable bonds is 4. The number of benzene rings is 1. The average molecular weight is 297 g/mol. The van der Waals surface area contributed by atoms with E-state index in [1.54, 1.807) is 6.92 Å². The van der Waals surface area contributed by atoms with Crippen molar-refractivity contribution in [3.8, 4) is 0 Å². The van der Waals surface area contributed by atoms with E-state index < -0.39 is 21.5 Å². The van der Waals surface area contributed by atoms with Gasteiger partial charge in [0.05, 0.1) is 12.2 Å². The minimum Gasteiger partial charge on any atom is -0.462 e. The first-order valence-electron chi connectivity index (χ1n) is 5.03. The van der Waals surface area contributed by atoms with E-state index in [0.717, 1.165) is 12.1 Å². The van der Waals surface area contributed by atoms with Gasteiger partial charge in [-0.05, 0) is 25.1 Å². The predicted molar refractivity (Wildman–Crippen MR) is 61.0 cm³/mol. The van der Waals surface area contributed by atoms with Gasteiger partial charge in [0.15, 0.2) is 0 Å². The van der Waals surface area contributed by atoms with Crippen LogP contribution in [0, 0.1) is 0 Å². The van der Waals surface area contributed by atoms with Gasteiger partial charge in [0.25, 0.3) is 0 Å². The van der Waals surface area contributed by atoms with Crippen molar-refractivity contribution in [1.29, 1.82) is 0 Å². The molecular formula is C10H10F3NO4S. The number of esters is 1. The van der Waals surface area contributed by atoms with E-state index in [2.05, 4.69) is 4.74 Å². The van der Waals surface area contributed by atoms with E-state index in [4.69, 9.17) is 0 Å². The van der Waals surface area contributed by atoms with Crippen molar-refractivity contribution < 1.29 is 31.1 Å². The van der Waals surface area contributed by atoms with Gasteiger partial charge in [0.2, 0.25) is 0 Å². The molecule has 1 aromatic rings. The van der Waals surface area contributed by atoms with Crippen LogP contribution in [-0.4, -0.2) is 26.5 Å². The van der Waals surface area contributed by atoms with Gasteiger partial charge in [-0.3, -0.25) is 4.72 Å². The normalized spacial score (nSPS) is 12.0. The lowest BCUT2D eigenvalue weighted by Crippen LogP contribution is -2.29. The van der Waals surface area contributed by atoms with Gasteiger partial charge in [-0.15, -0.1) is 0 Å². The first-order valence-corrected chi connectivity index (χ1v) is 6.52. The number of carbonyl (C=O) groups is 1. The molecule has 0 bridgehead atoms. The molecule has 0 heterocycles. The Morgan fingerprint density at radius 3 is 2.53 bits per heavy atom. The Kier molecular flexibility index (Phi) is 4.40. The van der Waals surface area contributed by atoms with Crippen LogP contribution in [0.3, 0.4) is 0 Å². The number of hydrogen-bond donors (Lipinski definition) is 1. The lowest BCUT2D eigenvalue weighted by molar-refractivity contribution is -0.0429. The van der Waals surface area contributed by atoms with E-state index in [1.165, 1.54) is 16.9 Å². The van der Waals surface area contributed by atoms with Crippen LogP contribution in [0.15, 0.2) is 24.3 Å². The van der Waals surface area contributed by atoms with E-state index >= 15 is 0 Å². The molecule has 1 aromatic carbocycles. The SMILES string of the molecule is CCOC(=O)c1cccc(NS(=O)(=O)C(F)(F)F)c1. The summed E-state index contributed by atoms with van der Waals surface area (Å²) >= 11 is 0. The molecule has 0 radical (unpaired) electrons. The Morgan fingerprint density at radius 2 is 2.00 bits per heavy atom. The summed E-state index contributed by atoms with van der Waals surface area (Å²) in [6.45, 7) is 1.66. The summed E-state index contributed by atoms with van der Waals surface area (Å²) in [5.74, 6) is -0.754. The van der Waals surface area contributed by atoms with Crippen molar-refractivity contribution in [2.75, 3.05) is 11.3 Å². The lowest BCUT2D eigenvalue weighted by Gasteiger charge is -2.11. The highest BCUT2D eigenvalue weighted by Crippen LogP contribution is 2.25. The molecule has 9 heteroatoms. The maximum atomic E-state index is 12.2. The number of sulfonamides is 1. The molecule has 0 aromatic heterocycles. The summed E-state index contributed by atoms with van der Waals surface area (Å²) in [6.07, 6.45) is 0. The Balaban J connectivity index is 2.99. The van der Waals surface area contributed by atoms with Crippen LogP contribution in [-0.2, 0) is 14.8 Å². The minimum atomic E-state index is -5.51. The van der Waals surface area contributed by atoms with Crippen LogP contribution < -0.4 is 4.72 Å². The third kappa shape index (κ3) is 3.85. The highest BCUT2D eigenvalue weighted by Gasteiger charge is 2.46. The molecule has 0 atom stereocenters. The maximum Gasteiger partial charge on any atom is 0.516 e. The van der Waals surface area contributed by atoms with Crippen LogP contribution in [0.4, 0.5) is 18.9 Å². The number of carbonyl (C=O) groups excluding carboxylic acids is 1. The van der Waals surface area contributed by atoms with Crippen molar-refractivity contribution in [3.05, 3.63) is 29.8 Å². The second kappa shape index (κ2) is 5.47. The zero-order valence-corrected chi connectivity index (χ0v) is 10.5. The fourth-order valence-corrected chi connectivity index (χ4v) is 1.69. The summed E-state index contributed by atoms with van der Waals surface area (Å²) in [6, 6.07) is 4.58. The fraction of sp³-hybridized carbons (Fsp3) is 0.300. The van der Waals surface area contributed by atoms with Crippen molar-refractivity contribution in [3.63, 3.8) is 0 Å². The molecule has 0 aliphatic carbocycles. The van der Waals surface area contributed by atoms with Crippen molar-refractivity contribution in [2.45, 2.75) is 12.4 Å². The molecule has 0 unspecified atom stereocenters. The number of halogens is 3. The molecule has 1 rings (SSSR count). The number of ether oxygens (including phenoxy) is 1. The molecule has 106 valence electrons. The van der Waals surface area contributed by atoms with Crippen LogP contribution in [0.5, 0.6) is 0 Å². The van der Waals surface area contributed by atoms with Crippen molar-refractivity contribution in [1.82, 2.24) is 0 Å². The Labute approximate surface area is 107 Å². The summed E-state index contributed by atoms with van der Waals surface area (Å²) in [4.78, 5) is 11.3. The first-order chi connectivity index (χ1) is 8.67. The summed E-state index contributed by atoms with van der Waals surface area (Å²) < 4.78 is 64.2. The molecule has 1 N–H and O–H groups in total. The Bertz CT molecular complexity index is 568. The monoisotopic (exact) mass is 297 g/mol. The highest BCUT2D eigenvalue weighted by molar-refractivity contribution is 7.93. The highest BCUT2D eigenvalue weighted by atomic mass is 32.2. The van der Waals surface area contributed by atoms with Gasteiger partial charge in [0.1, 0.15) is 0 Å². The second-order valence-corrected chi connectivity index (χ2v) is 5.03. The molecule has 19 heavy (non-hydrogen) atoms. The standard InChI is InChI=1S/C10H10F3NO4S/c1-2-18-9(15)7-4-3-5-8(6-7)14-19(16,17)10(11,12)13/h3-6,14H,2H2,1H3. The maximum absolute atomic E-state index is 12.2. The van der Waals surface area contributed by atoms with Crippen LogP contribution in [0.25, 0.3) is 0 Å². The summed E-state index contributed by atoms with van der Waals surface area (Å²) in [7, 11) is -5.51. The lowest BCUT2D eigenvalue weighted by atomic mass is 10.2. The summed E-state index contributed by atoms with van der Waals surface area (Å²) in [5, 5.41) is 0. The molecule has 5 nitrogen and oxygen atoms in total. The molecule has 0 spiro atoms.